The number of hydrogen-bond acceptors (Lipinski definition) is 4. The molecule has 0 bridgehead atoms. The summed E-state index contributed by atoms with van der Waals surface area (Å²) in [5.74, 6) is 0.745. The van der Waals surface area contributed by atoms with Crippen molar-refractivity contribution >= 4 is 10.0 Å². The number of nitrogens with two attached hydrogens (primary N) is 2. The van der Waals surface area contributed by atoms with Crippen LogP contribution in [0.5, 0.6) is 0 Å². The minimum absolute atomic E-state index is 0.165. The van der Waals surface area contributed by atoms with E-state index in [1.165, 1.54) is 12.8 Å². The van der Waals surface area contributed by atoms with Crippen LogP contribution in [0.1, 0.15) is 31.2 Å². The van der Waals surface area contributed by atoms with Gasteiger partial charge in [0.25, 0.3) is 0 Å². The first-order valence-electron chi connectivity index (χ1n) is 7.53. The fraction of sp³-hybridized carbons (Fsp3) is 0.600. The Bertz CT molecular complexity index is 535. The van der Waals surface area contributed by atoms with Gasteiger partial charge < -0.3 is 11.1 Å². The quantitative estimate of drug-likeness (QED) is 0.682. The third-order valence-electron chi connectivity index (χ3n) is 4.17. The van der Waals surface area contributed by atoms with Gasteiger partial charge in [0.05, 0.1) is 4.90 Å². The number of benzene rings is 1. The van der Waals surface area contributed by atoms with Gasteiger partial charge in [0, 0.05) is 6.04 Å². The van der Waals surface area contributed by atoms with Gasteiger partial charge in [-0.3, -0.25) is 0 Å². The number of rotatable bonds is 6. The van der Waals surface area contributed by atoms with E-state index in [2.05, 4.69) is 5.32 Å². The highest BCUT2D eigenvalue weighted by Gasteiger charge is 2.17. The average Bonchev–Trinajstić information content (AvgIpc) is 2.45. The lowest BCUT2D eigenvalue weighted by atomic mass is 9.86. The smallest absolute Gasteiger partial charge is 0.238 e. The van der Waals surface area contributed by atoms with Crippen molar-refractivity contribution in [2.75, 3.05) is 13.1 Å². The predicted octanol–water partition coefficient (Wildman–Crippen LogP) is 0.984. The molecule has 0 spiro atoms. The lowest BCUT2D eigenvalue weighted by Crippen LogP contribution is -2.32. The number of hydrogen-bond donors (Lipinski definition) is 3. The van der Waals surface area contributed by atoms with Gasteiger partial charge in [0.2, 0.25) is 10.0 Å². The Morgan fingerprint density at radius 1 is 1.10 bits per heavy atom. The van der Waals surface area contributed by atoms with Crippen molar-refractivity contribution in [3.8, 4) is 0 Å². The topological polar surface area (TPSA) is 98.2 Å². The minimum atomic E-state index is -3.59. The number of nitrogens with one attached hydrogen (secondary N) is 1. The molecule has 2 rings (SSSR count). The zero-order chi connectivity index (χ0) is 15.3. The largest absolute Gasteiger partial charge is 0.328 e. The maximum absolute atomic E-state index is 11.2. The Morgan fingerprint density at radius 3 is 2.29 bits per heavy atom. The van der Waals surface area contributed by atoms with E-state index in [1.54, 1.807) is 12.1 Å². The second kappa shape index (κ2) is 7.35. The molecule has 0 atom stereocenters. The van der Waals surface area contributed by atoms with E-state index in [-0.39, 0.29) is 4.90 Å². The van der Waals surface area contributed by atoms with Crippen LogP contribution in [-0.4, -0.2) is 27.5 Å². The van der Waals surface area contributed by atoms with E-state index in [1.807, 2.05) is 12.1 Å². The molecule has 1 fully saturated rings. The Morgan fingerprint density at radius 2 is 1.71 bits per heavy atom. The summed E-state index contributed by atoms with van der Waals surface area (Å²) in [5, 5.41) is 8.55. The summed E-state index contributed by atoms with van der Waals surface area (Å²) in [6.45, 7) is 1.94. The highest BCUT2D eigenvalue weighted by atomic mass is 32.2. The summed E-state index contributed by atoms with van der Waals surface area (Å²) in [7, 11) is -3.59. The lowest BCUT2D eigenvalue weighted by Gasteiger charge is -2.26. The van der Waals surface area contributed by atoms with Crippen molar-refractivity contribution in [1.29, 1.82) is 0 Å². The standard InChI is InChI=1S/C15H25N3O2S/c16-14-5-1-13(2-6-14)11-18-10-9-12-3-7-15(8-4-12)21(17,19)20/h3-4,7-8,13-14,18H,1-2,5-6,9-11,16H2,(H2,17,19,20). The summed E-state index contributed by atoms with van der Waals surface area (Å²) in [6, 6.07) is 7.17. The minimum Gasteiger partial charge on any atom is -0.328 e. The van der Waals surface area contributed by atoms with Gasteiger partial charge in [-0.2, -0.15) is 0 Å². The molecule has 1 aromatic rings. The van der Waals surface area contributed by atoms with Crippen LogP contribution >= 0.6 is 0 Å². The first-order chi connectivity index (χ1) is 9.95. The third kappa shape index (κ3) is 5.39. The van der Waals surface area contributed by atoms with Crippen LogP contribution in [0.25, 0.3) is 0 Å². The van der Waals surface area contributed by atoms with Gasteiger partial charge in [-0.15, -0.1) is 0 Å². The van der Waals surface area contributed by atoms with Crippen LogP contribution in [0.4, 0.5) is 0 Å². The summed E-state index contributed by atoms with van der Waals surface area (Å²) in [5.41, 5.74) is 7.01. The molecule has 0 heterocycles. The van der Waals surface area contributed by atoms with Gasteiger partial charge in [0.15, 0.2) is 0 Å². The molecule has 6 heteroatoms. The summed E-state index contributed by atoms with van der Waals surface area (Å²) >= 11 is 0. The maximum Gasteiger partial charge on any atom is 0.238 e. The van der Waals surface area contributed by atoms with E-state index in [9.17, 15) is 8.42 Å². The van der Waals surface area contributed by atoms with Crippen LogP contribution in [0.15, 0.2) is 29.2 Å². The molecule has 21 heavy (non-hydrogen) atoms. The SMILES string of the molecule is NC1CCC(CNCCc2ccc(S(N)(=O)=O)cc2)CC1. The molecule has 5 N–H and O–H groups in total. The summed E-state index contributed by atoms with van der Waals surface area (Å²) < 4.78 is 22.3. The molecule has 0 amide bonds. The first kappa shape index (κ1) is 16.4. The Labute approximate surface area is 127 Å². The van der Waals surface area contributed by atoms with Crippen LogP contribution < -0.4 is 16.2 Å². The van der Waals surface area contributed by atoms with Crippen molar-refractivity contribution in [2.24, 2.45) is 16.8 Å². The van der Waals surface area contributed by atoms with Crippen molar-refractivity contribution in [2.45, 2.75) is 43.0 Å². The molecule has 0 unspecified atom stereocenters. The van der Waals surface area contributed by atoms with Crippen LogP contribution in [0.3, 0.4) is 0 Å². The molecule has 0 aliphatic heterocycles. The monoisotopic (exact) mass is 311 g/mol. The van der Waals surface area contributed by atoms with E-state index in [4.69, 9.17) is 10.9 Å². The average molecular weight is 311 g/mol. The van der Waals surface area contributed by atoms with Gasteiger partial charge in [-0.1, -0.05) is 12.1 Å². The molecule has 0 saturated heterocycles. The van der Waals surface area contributed by atoms with E-state index < -0.39 is 10.0 Å². The van der Waals surface area contributed by atoms with Crippen LogP contribution in [-0.2, 0) is 16.4 Å². The molecule has 0 radical (unpaired) electrons. The Kier molecular flexibility index (Phi) is 5.75. The lowest BCUT2D eigenvalue weighted by molar-refractivity contribution is 0.315. The normalized spacial score (nSPS) is 23.1. The number of primary sulfonamides is 1. The second-order valence-electron chi connectivity index (χ2n) is 5.92. The van der Waals surface area contributed by atoms with E-state index in [0.717, 1.165) is 43.8 Å². The van der Waals surface area contributed by atoms with Crippen molar-refractivity contribution in [3.05, 3.63) is 29.8 Å². The maximum atomic E-state index is 11.2. The Hall–Kier alpha value is -0.950. The molecule has 1 aromatic carbocycles. The van der Waals surface area contributed by atoms with Crippen LogP contribution in [0, 0.1) is 5.92 Å². The molecular formula is C15H25N3O2S. The van der Waals surface area contributed by atoms with Gasteiger partial charge in [-0.25, -0.2) is 13.6 Å². The molecule has 118 valence electrons. The fourth-order valence-corrected chi connectivity index (χ4v) is 3.29. The molecular weight excluding hydrogens is 286 g/mol. The predicted molar refractivity (Wildman–Crippen MR) is 84.3 cm³/mol. The summed E-state index contributed by atoms with van der Waals surface area (Å²) in [6.07, 6.45) is 5.61. The molecule has 1 aliphatic carbocycles. The number of sulfonamides is 1. The third-order valence-corrected chi connectivity index (χ3v) is 5.10. The zero-order valence-corrected chi connectivity index (χ0v) is 13.1. The van der Waals surface area contributed by atoms with Crippen LogP contribution in [0.2, 0.25) is 0 Å². The molecule has 0 aromatic heterocycles. The first-order valence-corrected chi connectivity index (χ1v) is 9.08. The molecule has 5 nitrogen and oxygen atoms in total. The zero-order valence-electron chi connectivity index (χ0n) is 12.3. The van der Waals surface area contributed by atoms with Crippen molar-refractivity contribution < 1.29 is 8.42 Å². The van der Waals surface area contributed by atoms with Crippen molar-refractivity contribution in [3.63, 3.8) is 0 Å². The fourth-order valence-electron chi connectivity index (χ4n) is 2.78. The molecule has 1 saturated carbocycles. The Balaban J connectivity index is 1.69. The van der Waals surface area contributed by atoms with Gasteiger partial charge in [-0.05, 0) is 68.8 Å². The summed E-state index contributed by atoms with van der Waals surface area (Å²) in [4.78, 5) is 0.165. The van der Waals surface area contributed by atoms with Crippen molar-refractivity contribution in [1.82, 2.24) is 5.32 Å². The van der Waals surface area contributed by atoms with Gasteiger partial charge in [0.1, 0.15) is 0 Å². The highest BCUT2D eigenvalue weighted by molar-refractivity contribution is 7.89. The van der Waals surface area contributed by atoms with Gasteiger partial charge >= 0.3 is 0 Å². The second-order valence-corrected chi connectivity index (χ2v) is 7.49. The highest BCUT2D eigenvalue weighted by Crippen LogP contribution is 2.22. The molecule has 1 aliphatic rings. The van der Waals surface area contributed by atoms with E-state index in [0.29, 0.717) is 6.04 Å². The van der Waals surface area contributed by atoms with E-state index >= 15 is 0 Å².